The van der Waals surface area contributed by atoms with Crippen LogP contribution in [0.1, 0.15) is 26.2 Å². The van der Waals surface area contributed by atoms with Crippen molar-refractivity contribution in [1.82, 2.24) is 24.5 Å². The van der Waals surface area contributed by atoms with Gasteiger partial charge in [0.1, 0.15) is 6.33 Å². The Kier molecular flexibility index (Phi) is 3.82. The molecule has 106 valence electrons. The lowest BCUT2D eigenvalue weighted by Crippen LogP contribution is -2.18. The first-order valence-corrected chi connectivity index (χ1v) is 7.24. The van der Waals surface area contributed by atoms with E-state index in [0.29, 0.717) is 17.8 Å². The zero-order valence-corrected chi connectivity index (χ0v) is 12.1. The first kappa shape index (κ1) is 13.3. The fraction of sp³-hybridized carbons (Fsp3) is 0.538. The van der Waals surface area contributed by atoms with Crippen LogP contribution >= 0.6 is 11.6 Å². The van der Waals surface area contributed by atoms with E-state index in [9.17, 15) is 0 Å². The molecule has 0 radical (unpaired) electrons. The molecule has 1 aliphatic carbocycles. The van der Waals surface area contributed by atoms with Gasteiger partial charge in [-0.25, -0.2) is 4.98 Å². The van der Waals surface area contributed by atoms with Gasteiger partial charge in [-0.3, -0.25) is 4.57 Å². The SMILES string of the molecule is CC1CCCC1CNc1nc(Cl)nc(-n2ccnc2)n1. The Morgan fingerprint density at radius 1 is 1.35 bits per heavy atom. The molecular formula is C13H17ClN6. The lowest BCUT2D eigenvalue weighted by molar-refractivity contribution is 0.439. The molecule has 2 atom stereocenters. The minimum absolute atomic E-state index is 0.186. The predicted molar refractivity (Wildman–Crippen MR) is 77.0 cm³/mol. The minimum Gasteiger partial charge on any atom is -0.354 e. The monoisotopic (exact) mass is 292 g/mol. The number of imidazole rings is 1. The molecule has 2 aromatic heterocycles. The van der Waals surface area contributed by atoms with Crippen LogP contribution in [0.4, 0.5) is 5.95 Å². The van der Waals surface area contributed by atoms with E-state index in [1.165, 1.54) is 19.3 Å². The Hall–Kier alpha value is -1.69. The number of anilines is 1. The van der Waals surface area contributed by atoms with Crippen LogP contribution in [0.2, 0.25) is 5.28 Å². The summed E-state index contributed by atoms with van der Waals surface area (Å²) in [5, 5.41) is 3.47. The Morgan fingerprint density at radius 2 is 2.25 bits per heavy atom. The van der Waals surface area contributed by atoms with Gasteiger partial charge in [0.15, 0.2) is 0 Å². The number of aromatic nitrogens is 5. The molecule has 0 amide bonds. The zero-order valence-electron chi connectivity index (χ0n) is 11.3. The Balaban J connectivity index is 1.73. The van der Waals surface area contributed by atoms with Gasteiger partial charge in [-0.05, 0) is 29.9 Å². The summed E-state index contributed by atoms with van der Waals surface area (Å²) < 4.78 is 1.71. The summed E-state index contributed by atoms with van der Waals surface area (Å²) in [5.41, 5.74) is 0. The Bertz CT molecular complexity index is 570. The zero-order chi connectivity index (χ0) is 13.9. The molecule has 0 aliphatic heterocycles. The van der Waals surface area contributed by atoms with Crippen molar-refractivity contribution in [3.8, 4) is 5.95 Å². The predicted octanol–water partition coefficient (Wildman–Crippen LogP) is 2.56. The van der Waals surface area contributed by atoms with Crippen LogP contribution in [0.5, 0.6) is 0 Å². The van der Waals surface area contributed by atoms with Crippen molar-refractivity contribution in [2.45, 2.75) is 26.2 Å². The Morgan fingerprint density at radius 3 is 2.95 bits per heavy atom. The van der Waals surface area contributed by atoms with Crippen LogP contribution in [0.3, 0.4) is 0 Å². The molecule has 0 spiro atoms. The number of hydrogen-bond donors (Lipinski definition) is 1. The smallest absolute Gasteiger partial charge is 0.241 e. The molecule has 2 aromatic rings. The second kappa shape index (κ2) is 5.75. The van der Waals surface area contributed by atoms with Gasteiger partial charge in [0, 0.05) is 18.9 Å². The van der Waals surface area contributed by atoms with Crippen LogP contribution < -0.4 is 5.32 Å². The van der Waals surface area contributed by atoms with Gasteiger partial charge in [-0.15, -0.1) is 0 Å². The summed E-state index contributed by atoms with van der Waals surface area (Å²) >= 11 is 5.96. The number of hydrogen-bond acceptors (Lipinski definition) is 5. The van der Waals surface area contributed by atoms with E-state index < -0.39 is 0 Å². The molecule has 2 heterocycles. The van der Waals surface area contributed by atoms with Gasteiger partial charge in [-0.1, -0.05) is 19.8 Å². The maximum absolute atomic E-state index is 5.96. The van der Waals surface area contributed by atoms with Crippen molar-refractivity contribution in [2.75, 3.05) is 11.9 Å². The fourth-order valence-corrected chi connectivity index (χ4v) is 2.82. The molecule has 0 saturated heterocycles. The minimum atomic E-state index is 0.186. The van der Waals surface area contributed by atoms with E-state index in [0.717, 1.165) is 12.5 Å². The largest absolute Gasteiger partial charge is 0.354 e. The highest BCUT2D eigenvalue weighted by molar-refractivity contribution is 6.28. The highest BCUT2D eigenvalue weighted by Crippen LogP contribution is 2.31. The maximum atomic E-state index is 5.96. The quantitative estimate of drug-likeness (QED) is 0.938. The fourth-order valence-electron chi connectivity index (χ4n) is 2.66. The molecule has 0 bridgehead atoms. The summed E-state index contributed by atoms with van der Waals surface area (Å²) in [6.07, 6.45) is 8.96. The lowest BCUT2D eigenvalue weighted by atomic mass is 9.98. The van der Waals surface area contributed by atoms with Crippen LogP contribution in [0.25, 0.3) is 5.95 Å². The van der Waals surface area contributed by atoms with E-state index in [-0.39, 0.29) is 5.28 Å². The van der Waals surface area contributed by atoms with Gasteiger partial charge in [0.05, 0.1) is 0 Å². The number of nitrogens with one attached hydrogen (secondary N) is 1. The van der Waals surface area contributed by atoms with E-state index >= 15 is 0 Å². The second-order valence-corrected chi connectivity index (χ2v) is 5.59. The highest BCUT2D eigenvalue weighted by atomic mass is 35.5. The molecule has 0 aromatic carbocycles. The van der Waals surface area contributed by atoms with Gasteiger partial charge in [-0.2, -0.15) is 15.0 Å². The van der Waals surface area contributed by atoms with Gasteiger partial charge >= 0.3 is 0 Å². The average Bonchev–Trinajstić information content (AvgIpc) is 3.07. The molecule has 2 unspecified atom stereocenters. The molecule has 3 rings (SSSR count). The van der Waals surface area contributed by atoms with Crippen LogP contribution in [-0.4, -0.2) is 31.0 Å². The lowest BCUT2D eigenvalue weighted by Gasteiger charge is -2.16. The number of nitrogens with zero attached hydrogens (tertiary/aromatic N) is 5. The van der Waals surface area contributed by atoms with Crippen LogP contribution in [0, 0.1) is 11.8 Å². The molecule has 20 heavy (non-hydrogen) atoms. The summed E-state index contributed by atoms with van der Waals surface area (Å²) in [6, 6.07) is 0. The summed E-state index contributed by atoms with van der Waals surface area (Å²) in [6.45, 7) is 3.18. The van der Waals surface area contributed by atoms with E-state index in [1.54, 1.807) is 23.3 Å². The summed E-state index contributed by atoms with van der Waals surface area (Å²) in [5.74, 6) is 2.44. The van der Waals surface area contributed by atoms with Crippen LogP contribution in [0.15, 0.2) is 18.7 Å². The first-order chi connectivity index (χ1) is 9.72. The van der Waals surface area contributed by atoms with Gasteiger partial charge < -0.3 is 5.32 Å². The third-order valence-corrected chi connectivity index (χ3v) is 4.06. The van der Waals surface area contributed by atoms with E-state index in [4.69, 9.17) is 11.6 Å². The summed E-state index contributed by atoms with van der Waals surface area (Å²) in [4.78, 5) is 16.6. The standard InChI is InChI=1S/C13H17ClN6/c1-9-3-2-4-10(9)7-16-12-17-11(14)18-13(19-12)20-6-5-15-8-20/h5-6,8-10H,2-4,7H2,1H3,(H,16,17,18,19). The number of halogens is 1. The van der Waals surface area contributed by atoms with E-state index in [2.05, 4.69) is 32.2 Å². The average molecular weight is 293 g/mol. The van der Waals surface area contributed by atoms with Gasteiger partial charge in [0.25, 0.3) is 0 Å². The third-order valence-electron chi connectivity index (χ3n) is 3.89. The van der Waals surface area contributed by atoms with Crippen molar-refractivity contribution >= 4 is 17.5 Å². The van der Waals surface area contributed by atoms with Crippen molar-refractivity contribution in [1.29, 1.82) is 0 Å². The van der Waals surface area contributed by atoms with Crippen LogP contribution in [-0.2, 0) is 0 Å². The molecule has 6 nitrogen and oxygen atoms in total. The molecule has 1 saturated carbocycles. The molecule has 1 aliphatic rings. The highest BCUT2D eigenvalue weighted by Gasteiger charge is 2.23. The third kappa shape index (κ3) is 2.90. The second-order valence-electron chi connectivity index (χ2n) is 5.25. The van der Waals surface area contributed by atoms with Crippen molar-refractivity contribution < 1.29 is 0 Å². The van der Waals surface area contributed by atoms with Crippen molar-refractivity contribution in [2.24, 2.45) is 11.8 Å². The molecule has 7 heteroatoms. The topological polar surface area (TPSA) is 68.5 Å². The normalized spacial score (nSPS) is 22.1. The molecular weight excluding hydrogens is 276 g/mol. The molecule has 1 fully saturated rings. The summed E-state index contributed by atoms with van der Waals surface area (Å²) in [7, 11) is 0. The maximum Gasteiger partial charge on any atom is 0.241 e. The van der Waals surface area contributed by atoms with Gasteiger partial charge in [0.2, 0.25) is 17.2 Å². The van der Waals surface area contributed by atoms with Crippen molar-refractivity contribution in [3.05, 3.63) is 24.0 Å². The molecule has 1 N–H and O–H groups in total. The van der Waals surface area contributed by atoms with Crippen molar-refractivity contribution in [3.63, 3.8) is 0 Å². The van der Waals surface area contributed by atoms with E-state index in [1.807, 2.05) is 0 Å². The Labute approximate surface area is 122 Å². The number of rotatable bonds is 4. The first-order valence-electron chi connectivity index (χ1n) is 6.86.